The van der Waals surface area contributed by atoms with Crippen LogP contribution in [-0.2, 0) is 4.74 Å². The number of benzene rings is 1. The number of aromatic amines is 1. The Morgan fingerprint density at radius 2 is 1.83 bits per heavy atom. The molecular weight excluding hydrogens is 376 g/mol. The van der Waals surface area contributed by atoms with Crippen molar-refractivity contribution in [3.8, 4) is 11.3 Å². The highest BCUT2D eigenvalue weighted by atomic mass is 16.5. The molecule has 6 nitrogen and oxygen atoms in total. The van der Waals surface area contributed by atoms with Crippen LogP contribution >= 0.6 is 0 Å². The second kappa shape index (κ2) is 7.84. The minimum atomic E-state index is -0.287. The number of carbonyl (C=O) groups excluding carboxylic acids is 1. The van der Waals surface area contributed by atoms with Gasteiger partial charge in [-0.15, -0.1) is 0 Å². The molecule has 2 aromatic heterocycles. The first-order valence-electron chi connectivity index (χ1n) is 11.0. The lowest BCUT2D eigenvalue weighted by Gasteiger charge is -2.31. The zero-order valence-electron chi connectivity index (χ0n) is 17.5. The van der Waals surface area contributed by atoms with Crippen LogP contribution in [0, 0.1) is 5.41 Å². The van der Waals surface area contributed by atoms with Gasteiger partial charge in [-0.3, -0.25) is 4.79 Å². The maximum atomic E-state index is 13.4. The molecule has 156 valence electrons. The van der Waals surface area contributed by atoms with E-state index < -0.39 is 0 Å². The van der Waals surface area contributed by atoms with Crippen LogP contribution < -0.4 is 4.90 Å². The summed E-state index contributed by atoms with van der Waals surface area (Å²) in [5, 5.41) is 0. The summed E-state index contributed by atoms with van der Waals surface area (Å²) in [4.78, 5) is 28.2. The molecule has 5 rings (SSSR count). The summed E-state index contributed by atoms with van der Waals surface area (Å²) in [6, 6.07) is 8.41. The Hall–Kier alpha value is -2.73. The first kappa shape index (κ1) is 19.2. The van der Waals surface area contributed by atoms with Crippen molar-refractivity contribution >= 4 is 22.6 Å². The number of nitrogens with one attached hydrogen (secondary N) is 1. The van der Waals surface area contributed by atoms with Crippen molar-refractivity contribution in [3.63, 3.8) is 0 Å². The van der Waals surface area contributed by atoms with Crippen LogP contribution in [0.4, 0.5) is 5.69 Å². The average molecular weight is 405 g/mol. The third-order valence-corrected chi connectivity index (χ3v) is 6.67. The number of rotatable bonds is 4. The quantitative estimate of drug-likeness (QED) is 0.643. The number of hydrogen-bond donors (Lipinski definition) is 1. The van der Waals surface area contributed by atoms with E-state index in [0.29, 0.717) is 16.7 Å². The van der Waals surface area contributed by atoms with Crippen LogP contribution in [0.25, 0.3) is 22.4 Å². The van der Waals surface area contributed by atoms with Crippen molar-refractivity contribution in [1.82, 2.24) is 15.0 Å². The Bertz CT molecular complexity index is 1040. The summed E-state index contributed by atoms with van der Waals surface area (Å²) >= 11 is 0. The van der Waals surface area contributed by atoms with Crippen molar-refractivity contribution in [2.75, 3.05) is 31.2 Å². The van der Waals surface area contributed by atoms with Crippen molar-refractivity contribution in [2.45, 2.75) is 39.0 Å². The van der Waals surface area contributed by atoms with Gasteiger partial charge in [-0.25, -0.2) is 9.97 Å². The lowest BCUT2D eigenvalue weighted by Crippen LogP contribution is -2.36. The number of ketones is 1. The zero-order chi connectivity index (χ0) is 20.6. The molecule has 0 amide bonds. The van der Waals surface area contributed by atoms with E-state index in [4.69, 9.17) is 9.72 Å². The molecule has 2 aliphatic rings. The first-order valence-corrected chi connectivity index (χ1v) is 11.0. The van der Waals surface area contributed by atoms with E-state index in [2.05, 4.69) is 46.1 Å². The predicted octanol–water partition coefficient (Wildman–Crippen LogP) is 4.61. The summed E-state index contributed by atoms with van der Waals surface area (Å²) in [5.74, 6) is 0.197. The van der Waals surface area contributed by atoms with Crippen LogP contribution in [-0.4, -0.2) is 47.0 Å². The van der Waals surface area contributed by atoms with Gasteiger partial charge < -0.3 is 14.6 Å². The maximum absolute atomic E-state index is 13.4. The van der Waals surface area contributed by atoms with Gasteiger partial charge in [0.25, 0.3) is 0 Å². The molecule has 0 atom stereocenters. The van der Waals surface area contributed by atoms with Gasteiger partial charge in [0.2, 0.25) is 0 Å². The second-order valence-corrected chi connectivity index (χ2v) is 8.75. The molecule has 2 fully saturated rings. The molecule has 0 unspecified atom stereocenters. The summed E-state index contributed by atoms with van der Waals surface area (Å²) in [5.41, 5.74) is 4.73. The van der Waals surface area contributed by atoms with Gasteiger partial charge in [0.15, 0.2) is 11.4 Å². The van der Waals surface area contributed by atoms with E-state index in [1.54, 1.807) is 12.4 Å². The van der Waals surface area contributed by atoms with Crippen molar-refractivity contribution in [3.05, 3.63) is 42.2 Å². The molecule has 1 aliphatic carbocycles. The third kappa shape index (κ3) is 3.49. The fourth-order valence-corrected chi connectivity index (χ4v) is 4.75. The van der Waals surface area contributed by atoms with E-state index in [-0.39, 0.29) is 11.2 Å². The fourth-order valence-electron chi connectivity index (χ4n) is 4.75. The Kier molecular flexibility index (Phi) is 5.03. The Balaban J connectivity index is 1.44. The van der Waals surface area contributed by atoms with Crippen LogP contribution in [0.1, 0.15) is 49.4 Å². The molecule has 0 radical (unpaired) electrons. The molecule has 3 aromatic rings. The van der Waals surface area contributed by atoms with E-state index in [0.717, 1.165) is 63.2 Å². The van der Waals surface area contributed by atoms with Crippen LogP contribution in [0.5, 0.6) is 0 Å². The van der Waals surface area contributed by atoms with E-state index >= 15 is 0 Å². The maximum Gasteiger partial charge on any atom is 0.172 e. The minimum Gasteiger partial charge on any atom is -0.378 e. The molecule has 1 aliphatic heterocycles. The summed E-state index contributed by atoms with van der Waals surface area (Å²) in [6.45, 7) is 5.48. The number of morpholine rings is 1. The number of fused-ring (bicyclic) bond motifs is 1. The lowest BCUT2D eigenvalue weighted by atomic mass is 9.71. The molecule has 0 spiro atoms. The van der Waals surface area contributed by atoms with Gasteiger partial charge in [-0.05, 0) is 25.0 Å². The third-order valence-electron chi connectivity index (χ3n) is 6.67. The largest absolute Gasteiger partial charge is 0.378 e. The number of hydrogen-bond acceptors (Lipinski definition) is 5. The zero-order valence-corrected chi connectivity index (χ0v) is 17.5. The van der Waals surface area contributed by atoms with Gasteiger partial charge in [0.1, 0.15) is 5.52 Å². The fraction of sp³-hybridized carbons (Fsp3) is 0.458. The highest BCUT2D eigenvalue weighted by molar-refractivity contribution is 6.08. The highest BCUT2D eigenvalue weighted by Gasteiger charge is 2.36. The predicted molar refractivity (Wildman–Crippen MR) is 118 cm³/mol. The Morgan fingerprint density at radius 1 is 1.10 bits per heavy atom. The molecule has 30 heavy (non-hydrogen) atoms. The van der Waals surface area contributed by atoms with Crippen LogP contribution in [0.2, 0.25) is 0 Å². The highest BCUT2D eigenvalue weighted by Crippen LogP contribution is 2.39. The lowest BCUT2D eigenvalue weighted by molar-refractivity contribution is 0.0751. The summed E-state index contributed by atoms with van der Waals surface area (Å²) in [7, 11) is 0. The van der Waals surface area contributed by atoms with Crippen molar-refractivity contribution in [2.24, 2.45) is 5.41 Å². The van der Waals surface area contributed by atoms with Gasteiger partial charge in [-0.1, -0.05) is 38.3 Å². The van der Waals surface area contributed by atoms with Gasteiger partial charge in [0.05, 0.1) is 30.7 Å². The minimum absolute atomic E-state index is 0.197. The van der Waals surface area contributed by atoms with Gasteiger partial charge in [0, 0.05) is 36.0 Å². The standard InChI is InChI=1S/C24H28N4O2/c1-24(9-3-2-4-10-24)22(29)19-15-25-23-21(19)27-20(16-26-23)17-5-7-18(8-6-17)28-11-13-30-14-12-28/h5-8,15-16H,2-4,9-14H2,1H3,(H,25,26). The Labute approximate surface area is 176 Å². The molecule has 1 saturated heterocycles. The number of anilines is 1. The first-order chi connectivity index (χ1) is 14.6. The number of H-pyrrole nitrogens is 1. The number of ether oxygens (including phenoxy) is 1. The van der Waals surface area contributed by atoms with Crippen LogP contribution in [0.15, 0.2) is 36.7 Å². The molecule has 3 heterocycles. The molecule has 1 aromatic carbocycles. The normalized spacial score (nSPS) is 19.2. The molecule has 1 saturated carbocycles. The van der Waals surface area contributed by atoms with E-state index in [1.807, 2.05) is 0 Å². The SMILES string of the molecule is CC1(C(=O)c2c[nH]c3ncc(-c4ccc(N5CCOCC5)cc4)nc23)CCCCC1. The smallest absolute Gasteiger partial charge is 0.172 e. The van der Waals surface area contributed by atoms with Crippen molar-refractivity contribution in [1.29, 1.82) is 0 Å². The van der Waals surface area contributed by atoms with Gasteiger partial charge in [-0.2, -0.15) is 0 Å². The number of nitrogens with zero attached hydrogens (tertiary/aromatic N) is 3. The number of carbonyl (C=O) groups is 1. The summed E-state index contributed by atoms with van der Waals surface area (Å²) < 4.78 is 5.44. The van der Waals surface area contributed by atoms with Crippen molar-refractivity contribution < 1.29 is 9.53 Å². The number of aromatic nitrogens is 3. The molecule has 1 N–H and O–H groups in total. The van der Waals surface area contributed by atoms with E-state index in [1.165, 1.54) is 12.1 Å². The topological polar surface area (TPSA) is 71.1 Å². The number of Topliss-reactive ketones (excluding diaryl/α,β-unsaturated/α-hetero) is 1. The Morgan fingerprint density at radius 3 is 2.57 bits per heavy atom. The van der Waals surface area contributed by atoms with E-state index in [9.17, 15) is 4.79 Å². The molecule has 6 heteroatoms. The molecule has 0 bridgehead atoms. The summed E-state index contributed by atoms with van der Waals surface area (Å²) in [6.07, 6.45) is 8.94. The monoisotopic (exact) mass is 404 g/mol. The second-order valence-electron chi connectivity index (χ2n) is 8.75. The van der Waals surface area contributed by atoms with Crippen LogP contribution in [0.3, 0.4) is 0 Å². The molecular formula is C24H28N4O2. The average Bonchev–Trinajstić information content (AvgIpc) is 3.23. The van der Waals surface area contributed by atoms with Gasteiger partial charge >= 0.3 is 0 Å².